The van der Waals surface area contributed by atoms with Crippen molar-refractivity contribution in [3.05, 3.63) is 22.8 Å². The standard InChI is InChI=1S/C16H23ClN2O/c1-12-13(17)6-7-15(18-12)19-10-4-9-16(11-19)8-3-5-14(16)20-2/h6-7,14H,3-5,8-11H2,1-2H3/t14-,16-/m1/s1. The fourth-order valence-electron chi connectivity index (χ4n) is 4.00. The van der Waals surface area contributed by atoms with Crippen molar-refractivity contribution in [3.8, 4) is 0 Å². The van der Waals surface area contributed by atoms with E-state index in [0.29, 0.717) is 11.5 Å². The van der Waals surface area contributed by atoms with Crippen LogP contribution in [0.5, 0.6) is 0 Å². The van der Waals surface area contributed by atoms with Crippen LogP contribution in [0.2, 0.25) is 5.02 Å². The summed E-state index contributed by atoms with van der Waals surface area (Å²) in [7, 11) is 1.86. The summed E-state index contributed by atoms with van der Waals surface area (Å²) in [5.41, 5.74) is 1.25. The number of halogens is 1. The zero-order chi connectivity index (χ0) is 14.2. The molecule has 1 saturated heterocycles. The molecular formula is C16H23ClN2O. The van der Waals surface area contributed by atoms with Gasteiger partial charge in [-0.1, -0.05) is 18.0 Å². The highest BCUT2D eigenvalue weighted by Crippen LogP contribution is 2.47. The summed E-state index contributed by atoms with van der Waals surface area (Å²) in [6.45, 7) is 4.13. The van der Waals surface area contributed by atoms with Crippen LogP contribution < -0.4 is 4.90 Å². The third kappa shape index (κ3) is 2.42. The summed E-state index contributed by atoms with van der Waals surface area (Å²) in [6.07, 6.45) is 6.71. The lowest BCUT2D eigenvalue weighted by Crippen LogP contribution is -2.48. The average Bonchev–Trinajstić information content (AvgIpc) is 2.84. The van der Waals surface area contributed by atoms with Gasteiger partial charge in [-0.05, 0) is 44.7 Å². The van der Waals surface area contributed by atoms with Gasteiger partial charge in [0.1, 0.15) is 5.82 Å². The number of piperidine rings is 1. The average molecular weight is 295 g/mol. The number of ether oxygens (including phenoxy) is 1. The second-order valence-corrected chi connectivity index (χ2v) is 6.65. The van der Waals surface area contributed by atoms with Crippen LogP contribution in [0.1, 0.15) is 37.8 Å². The minimum absolute atomic E-state index is 0.336. The summed E-state index contributed by atoms with van der Waals surface area (Å²) < 4.78 is 5.76. The van der Waals surface area contributed by atoms with Crippen molar-refractivity contribution in [2.75, 3.05) is 25.1 Å². The number of hydrogen-bond acceptors (Lipinski definition) is 3. The van der Waals surface area contributed by atoms with Crippen molar-refractivity contribution in [3.63, 3.8) is 0 Å². The summed E-state index contributed by atoms with van der Waals surface area (Å²) >= 11 is 6.08. The molecule has 0 aromatic carbocycles. The molecule has 0 unspecified atom stereocenters. The van der Waals surface area contributed by atoms with Crippen LogP contribution >= 0.6 is 11.6 Å². The van der Waals surface area contributed by atoms with Gasteiger partial charge < -0.3 is 9.64 Å². The third-order valence-electron chi connectivity index (χ3n) is 5.05. The second kappa shape index (κ2) is 5.53. The van der Waals surface area contributed by atoms with Gasteiger partial charge in [0.25, 0.3) is 0 Å². The topological polar surface area (TPSA) is 25.4 Å². The number of aromatic nitrogens is 1. The van der Waals surface area contributed by atoms with Crippen molar-refractivity contribution >= 4 is 17.4 Å². The zero-order valence-electron chi connectivity index (χ0n) is 12.4. The Bertz CT molecular complexity index is 493. The number of aryl methyl sites for hydroxylation is 1. The molecule has 0 N–H and O–H groups in total. The first-order valence-corrected chi connectivity index (χ1v) is 7.93. The Labute approximate surface area is 126 Å². The Morgan fingerprint density at radius 3 is 2.90 bits per heavy atom. The summed E-state index contributed by atoms with van der Waals surface area (Å²) in [5, 5.41) is 0.746. The lowest BCUT2D eigenvalue weighted by Gasteiger charge is -2.44. The van der Waals surface area contributed by atoms with Gasteiger partial charge in [-0.25, -0.2) is 4.98 Å². The maximum Gasteiger partial charge on any atom is 0.128 e. The van der Waals surface area contributed by atoms with Crippen LogP contribution in [-0.2, 0) is 4.74 Å². The van der Waals surface area contributed by atoms with E-state index in [0.717, 1.165) is 29.6 Å². The molecule has 1 spiro atoms. The Morgan fingerprint density at radius 2 is 2.15 bits per heavy atom. The first-order chi connectivity index (χ1) is 9.64. The number of anilines is 1. The molecule has 2 fully saturated rings. The van der Waals surface area contributed by atoms with Crippen molar-refractivity contribution < 1.29 is 4.74 Å². The van der Waals surface area contributed by atoms with Crippen molar-refractivity contribution in [1.29, 1.82) is 0 Å². The van der Waals surface area contributed by atoms with Gasteiger partial charge in [0, 0.05) is 25.6 Å². The van der Waals surface area contributed by atoms with Gasteiger partial charge in [0.05, 0.1) is 16.8 Å². The van der Waals surface area contributed by atoms with Gasteiger partial charge in [-0.15, -0.1) is 0 Å². The molecule has 2 atom stereocenters. The van der Waals surface area contributed by atoms with Crippen LogP contribution in [-0.4, -0.2) is 31.3 Å². The van der Waals surface area contributed by atoms with Crippen LogP contribution in [0, 0.1) is 12.3 Å². The maximum absolute atomic E-state index is 6.08. The molecule has 1 aliphatic heterocycles. The Morgan fingerprint density at radius 1 is 1.35 bits per heavy atom. The van der Waals surface area contributed by atoms with Gasteiger partial charge in [0.15, 0.2) is 0 Å². The van der Waals surface area contributed by atoms with Crippen LogP contribution in [0.25, 0.3) is 0 Å². The molecule has 1 aliphatic carbocycles. The van der Waals surface area contributed by atoms with E-state index in [1.807, 2.05) is 26.2 Å². The maximum atomic E-state index is 6.08. The zero-order valence-corrected chi connectivity index (χ0v) is 13.1. The molecule has 0 radical (unpaired) electrons. The molecule has 2 heterocycles. The molecule has 20 heavy (non-hydrogen) atoms. The van der Waals surface area contributed by atoms with Crippen LogP contribution in [0.3, 0.4) is 0 Å². The highest BCUT2D eigenvalue weighted by molar-refractivity contribution is 6.31. The molecule has 1 saturated carbocycles. The van der Waals surface area contributed by atoms with Crippen LogP contribution in [0.4, 0.5) is 5.82 Å². The fraction of sp³-hybridized carbons (Fsp3) is 0.688. The largest absolute Gasteiger partial charge is 0.381 e. The van der Waals surface area contributed by atoms with E-state index in [1.165, 1.54) is 32.1 Å². The summed E-state index contributed by atoms with van der Waals surface area (Å²) in [6, 6.07) is 4.01. The van der Waals surface area contributed by atoms with E-state index in [1.54, 1.807) is 0 Å². The molecule has 1 aromatic heterocycles. The number of pyridine rings is 1. The smallest absolute Gasteiger partial charge is 0.128 e. The summed E-state index contributed by atoms with van der Waals surface area (Å²) in [5.74, 6) is 1.06. The molecule has 1 aromatic rings. The molecule has 3 nitrogen and oxygen atoms in total. The first-order valence-electron chi connectivity index (χ1n) is 7.55. The molecular weight excluding hydrogens is 272 g/mol. The Balaban J connectivity index is 1.82. The monoisotopic (exact) mass is 294 g/mol. The Hall–Kier alpha value is -0.800. The van der Waals surface area contributed by atoms with Crippen molar-refractivity contribution in [2.24, 2.45) is 5.41 Å². The Kier molecular flexibility index (Phi) is 3.91. The van der Waals surface area contributed by atoms with Crippen molar-refractivity contribution in [1.82, 2.24) is 4.98 Å². The van der Waals surface area contributed by atoms with Gasteiger partial charge >= 0.3 is 0 Å². The number of rotatable bonds is 2. The lowest BCUT2D eigenvalue weighted by atomic mass is 9.76. The molecule has 0 amide bonds. The normalized spacial score (nSPS) is 30.1. The van der Waals surface area contributed by atoms with Crippen LogP contribution in [0.15, 0.2) is 12.1 Å². The molecule has 110 valence electrons. The van der Waals surface area contributed by atoms with Gasteiger partial charge in [-0.2, -0.15) is 0 Å². The minimum atomic E-state index is 0.336. The van der Waals surface area contributed by atoms with E-state index < -0.39 is 0 Å². The quantitative estimate of drug-likeness (QED) is 0.829. The lowest BCUT2D eigenvalue weighted by molar-refractivity contribution is 0.00216. The summed E-state index contributed by atoms with van der Waals surface area (Å²) in [4.78, 5) is 7.08. The minimum Gasteiger partial charge on any atom is -0.381 e. The SMILES string of the molecule is CO[C@@H]1CCC[C@]12CCCN(c1ccc(Cl)c(C)n1)C2. The van der Waals surface area contributed by atoms with E-state index in [2.05, 4.69) is 9.88 Å². The first kappa shape index (κ1) is 14.2. The molecule has 0 bridgehead atoms. The van der Waals surface area contributed by atoms with E-state index in [-0.39, 0.29) is 0 Å². The number of methoxy groups -OCH3 is 1. The van der Waals surface area contributed by atoms with E-state index >= 15 is 0 Å². The van der Waals surface area contributed by atoms with E-state index in [9.17, 15) is 0 Å². The number of hydrogen-bond donors (Lipinski definition) is 0. The third-order valence-corrected chi connectivity index (χ3v) is 5.45. The van der Waals surface area contributed by atoms with Gasteiger partial charge in [0.2, 0.25) is 0 Å². The predicted molar refractivity (Wildman–Crippen MR) is 82.5 cm³/mol. The van der Waals surface area contributed by atoms with E-state index in [4.69, 9.17) is 16.3 Å². The molecule has 3 rings (SSSR count). The molecule has 4 heteroatoms. The second-order valence-electron chi connectivity index (χ2n) is 6.24. The highest BCUT2D eigenvalue weighted by Gasteiger charge is 2.46. The highest BCUT2D eigenvalue weighted by atomic mass is 35.5. The van der Waals surface area contributed by atoms with Crippen molar-refractivity contribution in [2.45, 2.75) is 45.1 Å². The fourth-order valence-corrected chi connectivity index (χ4v) is 4.11. The predicted octanol–water partition coefficient (Wildman–Crippen LogP) is 3.83. The molecule has 2 aliphatic rings. The van der Waals surface area contributed by atoms with Gasteiger partial charge in [-0.3, -0.25) is 0 Å². The number of nitrogens with zero attached hydrogens (tertiary/aromatic N) is 2.